The predicted molar refractivity (Wildman–Crippen MR) is 75.5 cm³/mol. The number of rotatable bonds is 6. The van der Waals surface area contributed by atoms with Gasteiger partial charge in [-0.25, -0.2) is 13.1 Å². The molecular formula is C12H19N3O4S. The largest absolute Gasteiger partial charge is 0.398 e. The van der Waals surface area contributed by atoms with Gasteiger partial charge in [-0.15, -0.1) is 0 Å². The molecule has 20 heavy (non-hydrogen) atoms. The maximum absolute atomic E-state index is 12.2. The molecule has 0 aliphatic heterocycles. The summed E-state index contributed by atoms with van der Waals surface area (Å²) in [5.41, 5.74) is 9.82. The summed E-state index contributed by atoms with van der Waals surface area (Å²) >= 11 is 0. The van der Waals surface area contributed by atoms with E-state index in [2.05, 4.69) is 4.72 Å². The summed E-state index contributed by atoms with van der Waals surface area (Å²) in [7, 11) is -3.90. The fourth-order valence-electron chi connectivity index (χ4n) is 1.54. The third-order valence-electron chi connectivity index (χ3n) is 3.09. The van der Waals surface area contributed by atoms with Crippen LogP contribution in [0.4, 0.5) is 5.69 Å². The molecule has 0 spiro atoms. The number of nitrogen functional groups attached to an aromatic ring is 1. The standard InChI is InChI=1S/C12H19N3O4S/c1-3-12(2,7-16)15-20(18,19)10-5-4-8(11(14)17)6-9(10)13/h4-6,15-16H,3,7,13H2,1-2H3,(H2,14,17). The van der Waals surface area contributed by atoms with E-state index in [1.54, 1.807) is 13.8 Å². The van der Waals surface area contributed by atoms with Gasteiger partial charge in [-0.2, -0.15) is 0 Å². The fourth-order valence-corrected chi connectivity index (χ4v) is 3.13. The molecule has 6 N–H and O–H groups in total. The van der Waals surface area contributed by atoms with Crippen LogP contribution in [0.2, 0.25) is 0 Å². The first-order chi connectivity index (χ1) is 9.15. The summed E-state index contributed by atoms with van der Waals surface area (Å²) in [6, 6.07) is 3.71. The lowest BCUT2D eigenvalue weighted by Gasteiger charge is -2.27. The van der Waals surface area contributed by atoms with Gasteiger partial charge in [0, 0.05) is 5.56 Å². The van der Waals surface area contributed by atoms with Crippen LogP contribution in [-0.2, 0) is 10.0 Å². The summed E-state index contributed by atoms with van der Waals surface area (Å²) in [5, 5.41) is 9.26. The van der Waals surface area contributed by atoms with Crippen molar-refractivity contribution in [1.29, 1.82) is 0 Å². The van der Waals surface area contributed by atoms with Gasteiger partial charge in [0.2, 0.25) is 15.9 Å². The Kier molecular flexibility index (Phi) is 4.74. The second-order valence-corrected chi connectivity index (χ2v) is 6.45. The number of primary amides is 1. The number of benzene rings is 1. The van der Waals surface area contributed by atoms with E-state index < -0.39 is 21.5 Å². The first-order valence-corrected chi connectivity index (χ1v) is 7.47. The van der Waals surface area contributed by atoms with Crippen LogP contribution >= 0.6 is 0 Å². The highest BCUT2D eigenvalue weighted by Gasteiger charge is 2.29. The number of nitrogens with two attached hydrogens (primary N) is 2. The average Bonchev–Trinajstić information content (AvgIpc) is 2.37. The Morgan fingerprint density at radius 3 is 2.45 bits per heavy atom. The van der Waals surface area contributed by atoms with Gasteiger partial charge >= 0.3 is 0 Å². The van der Waals surface area contributed by atoms with Crippen molar-refractivity contribution >= 4 is 21.6 Å². The maximum Gasteiger partial charge on any atom is 0.248 e. The van der Waals surface area contributed by atoms with E-state index in [4.69, 9.17) is 11.5 Å². The summed E-state index contributed by atoms with van der Waals surface area (Å²) < 4.78 is 26.9. The number of carbonyl (C=O) groups is 1. The normalized spacial score (nSPS) is 14.8. The van der Waals surface area contributed by atoms with Crippen molar-refractivity contribution in [2.45, 2.75) is 30.7 Å². The highest BCUT2D eigenvalue weighted by Crippen LogP contribution is 2.22. The number of carbonyl (C=O) groups excluding carboxylic acids is 1. The number of amides is 1. The van der Waals surface area contributed by atoms with Crippen molar-refractivity contribution in [2.75, 3.05) is 12.3 Å². The second kappa shape index (κ2) is 5.78. The van der Waals surface area contributed by atoms with Crippen LogP contribution in [-0.4, -0.2) is 31.6 Å². The molecule has 0 saturated heterocycles. The van der Waals surface area contributed by atoms with E-state index in [1.807, 2.05) is 0 Å². The van der Waals surface area contributed by atoms with Crippen molar-refractivity contribution in [1.82, 2.24) is 4.72 Å². The summed E-state index contributed by atoms with van der Waals surface area (Å²) in [5.74, 6) is -0.692. The Labute approximate surface area is 118 Å². The molecule has 1 rings (SSSR count). The van der Waals surface area contributed by atoms with Gasteiger partial charge in [-0.1, -0.05) is 6.92 Å². The number of aliphatic hydroxyl groups excluding tert-OH is 1. The molecule has 1 aromatic carbocycles. The van der Waals surface area contributed by atoms with Gasteiger partial charge < -0.3 is 16.6 Å². The zero-order valence-electron chi connectivity index (χ0n) is 11.4. The third kappa shape index (κ3) is 3.47. The third-order valence-corrected chi connectivity index (χ3v) is 4.81. The molecule has 0 heterocycles. The molecule has 1 aromatic rings. The number of sulfonamides is 1. The number of anilines is 1. The minimum Gasteiger partial charge on any atom is -0.398 e. The van der Waals surface area contributed by atoms with E-state index in [9.17, 15) is 18.3 Å². The zero-order chi connectivity index (χ0) is 15.6. The lowest BCUT2D eigenvalue weighted by atomic mass is 10.0. The van der Waals surface area contributed by atoms with Crippen LogP contribution < -0.4 is 16.2 Å². The Bertz CT molecular complexity index is 609. The predicted octanol–water partition coefficient (Wildman–Crippen LogP) is -0.193. The van der Waals surface area contributed by atoms with Crippen LogP contribution in [0.15, 0.2) is 23.1 Å². The first kappa shape index (κ1) is 16.4. The molecule has 0 bridgehead atoms. The lowest BCUT2D eigenvalue weighted by Crippen LogP contribution is -2.48. The molecule has 0 fully saturated rings. The van der Waals surface area contributed by atoms with Crippen LogP contribution in [0, 0.1) is 0 Å². The number of aliphatic hydroxyl groups is 1. The van der Waals surface area contributed by atoms with Crippen LogP contribution in [0.25, 0.3) is 0 Å². The molecule has 1 atom stereocenters. The van der Waals surface area contributed by atoms with Gasteiger partial charge in [-0.05, 0) is 31.5 Å². The molecular weight excluding hydrogens is 282 g/mol. The molecule has 0 aromatic heterocycles. The Hall–Kier alpha value is -1.64. The number of nitrogens with one attached hydrogen (secondary N) is 1. The van der Waals surface area contributed by atoms with Gasteiger partial charge in [0.25, 0.3) is 0 Å². The smallest absolute Gasteiger partial charge is 0.248 e. The summed E-state index contributed by atoms with van der Waals surface area (Å²) in [6.45, 7) is 2.98. The summed E-state index contributed by atoms with van der Waals surface area (Å²) in [4.78, 5) is 10.8. The van der Waals surface area contributed by atoms with Crippen molar-refractivity contribution < 1.29 is 18.3 Å². The number of hydrogen-bond acceptors (Lipinski definition) is 5. The molecule has 1 unspecified atom stereocenters. The Morgan fingerprint density at radius 2 is 2.05 bits per heavy atom. The minimum atomic E-state index is -3.90. The van der Waals surface area contributed by atoms with Crippen molar-refractivity contribution in [3.63, 3.8) is 0 Å². The molecule has 0 radical (unpaired) electrons. The molecule has 0 saturated carbocycles. The van der Waals surface area contributed by atoms with Crippen LogP contribution in [0.1, 0.15) is 30.6 Å². The molecule has 7 nitrogen and oxygen atoms in total. The topological polar surface area (TPSA) is 136 Å². The second-order valence-electron chi connectivity index (χ2n) is 4.79. The molecule has 0 aliphatic rings. The maximum atomic E-state index is 12.2. The summed E-state index contributed by atoms with van der Waals surface area (Å²) in [6.07, 6.45) is 0.405. The molecule has 0 aliphatic carbocycles. The molecule has 1 amide bonds. The van der Waals surface area contributed by atoms with Gasteiger partial charge in [0.1, 0.15) is 4.90 Å². The van der Waals surface area contributed by atoms with Crippen molar-refractivity contribution in [3.8, 4) is 0 Å². The highest BCUT2D eigenvalue weighted by molar-refractivity contribution is 7.89. The average molecular weight is 301 g/mol. The monoisotopic (exact) mass is 301 g/mol. The minimum absolute atomic E-state index is 0.0785. The van der Waals surface area contributed by atoms with Crippen molar-refractivity contribution in [2.24, 2.45) is 5.73 Å². The SMILES string of the molecule is CCC(C)(CO)NS(=O)(=O)c1ccc(C(N)=O)cc1N. The van der Waals surface area contributed by atoms with Gasteiger partial charge in [-0.3, -0.25) is 4.79 Å². The Balaban J connectivity index is 3.20. The van der Waals surface area contributed by atoms with E-state index in [-0.39, 0.29) is 22.8 Å². The van der Waals surface area contributed by atoms with E-state index >= 15 is 0 Å². The van der Waals surface area contributed by atoms with Crippen LogP contribution in [0.3, 0.4) is 0 Å². The fraction of sp³-hybridized carbons (Fsp3) is 0.417. The Morgan fingerprint density at radius 1 is 1.45 bits per heavy atom. The highest BCUT2D eigenvalue weighted by atomic mass is 32.2. The number of hydrogen-bond donors (Lipinski definition) is 4. The lowest BCUT2D eigenvalue weighted by molar-refractivity contribution is 0.1000. The zero-order valence-corrected chi connectivity index (χ0v) is 12.2. The molecule has 112 valence electrons. The van der Waals surface area contributed by atoms with Gasteiger partial charge in [0.05, 0.1) is 17.8 Å². The van der Waals surface area contributed by atoms with Crippen LogP contribution in [0.5, 0.6) is 0 Å². The van der Waals surface area contributed by atoms with E-state index in [0.29, 0.717) is 6.42 Å². The van der Waals surface area contributed by atoms with E-state index in [0.717, 1.165) is 0 Å². The van der Waals surface area contributed by atoms with Crippen molar-refractivity contribution in [3.05, 3.63) is 23.8 Å². The quantitative estimate of drug-likeness (QED) is 0.540. The van der Waals surface area contributed by atoms with Gasteiger partial charge in [0.15, 0.2) is 0 Å². The van der Waals surface area contributed by atoms with E-state index in [1.165, 1.54) is 18.2 Å². The molecule has 8 heteroatoms. The first-order valence-electron chi connectivity index (χ1n) is 5.99.